The number of amides is 1. The first kappa shape index (κ1) is 14.3. The van der Waals surface area contributed by atoms with Gasteiger partial charge in [0.2, 0.25) is 5.91 Å². The van der Waals surface area contributed by atoms with Crippen molar-refractivity contribution in [3.63, 3.8) is 0 Å². The number of carbonyl (C=O) groups is 1. The number of anilines is 2. The van der Waals surface area contributed by atoms with Gasteiger partial charge in [0.05, 0.1) is 11.3 Å². The summed E-state index contributed by atoms with van der Waals surface area (Å²) in [4.78, 5) is 22.0. The van der Waals surface area contributed by atoms with Gasteiger partial charge in [-0.2, -0.15) is 0 Å². The van der Waals surface area contributed by atoms with E-state index in [0.29, 0.717) is 16.9 Å². The predicted molar refractivity (Wildman–Crippen MR) is 74.8 cm³/mol. The maximum Gasteiger partial charge on any atom is 0.292 e. The standard InChI is InChI=1S/C13H17N3O4/c1-7(6-17)8(2)14-11-5-10-9(4-13(18)15-10)3-12(11)16(19)20/h3,5,7-8,14,17H,4,6H2,1-2H3,(H,15,18). The van der Waals surface area contributed by atoms with Gasteiger partial charge in [0.25, 0.3) is 5.69 Å². The number of nitro benzene ring substituents is 1. The van der Waals surface area contributed by atoms with Crippen LogP contribution in [0.15, 0.2) is 12.1 Å². The zero-order valence-corrected chi connectivity index (χ0v) is 11.3. The van der Waals surface area contributed by atoms with Gasteiger partial charge in [-0.15, -0.1) is 0 Å². The molecule has 0 aromatic heterocycles. The maximum absolute atomic E-state index is 11.3. The molecule has 0 saturated carbocycles. The van der Waals surface area contributed by atoms with Crippen molar-refractivity contribution in [1.29, 1.82) is 0 Å². The van der Waals surface area contributed by atoms with Crippen LogP contribution >= 0.6 is 0 Å². The first-order chi connectivity index (χ1) is 9.42. The molecule has 108 valence electrons. The summed E-state index contributed by atoms with van der Waals surface area (Å²) in [5, 5.41) is 26.0. The third-order valence-corrected chi connectivity index (χ3v) is 3.57. The van der Waals surface area contributed by atoms with Crippen molar-refractivity contribution in [3.05, 3.63) is 27.8 Å². The number of nitro groups is 1. The highest BCUT2D eigenvalue weighted by Gasteiger charge is 2.25. The number of hydrogen-bond donors (Lipinski definition) is 3. The van der Waals surface area contributed by atoms with Crippen LogP contribution in [0.5, 0.6) is 0 Å². The molecular formula is C13H17N3O4. The smallest absolute Gasteiger partial charge is 0.292 e. The molecule has 1 aromatic carbocycles. The fourth-order valence-electron chi connectivity index (χ4n) is 2.07. The molecule has 0 radical (unpaired) electrons. The van der Waals surface area contributed by atoms with Crippen LogP contribution in [0.1, 0.15) is 19.4 Å². The second-order valence-electron chi connectivity index (χ2n) is 5.10. The molecule has 1 heterocycles. The highest BCUT2D eigenvalue weighted by molar-refractivity contribution is 6.00. The van der Waals surface area contributed by atoms with Crippen molar-refractivity contribution in [2.24, 2.45) is 5.92 Å². The molecule has 2 unspecified atom stereocenters. The van der Waals surface area contributed by atoms with E-state index in [-0.39, 0.29) is 36.6 Å². The molecule has 7 nitrogen and oxygen atoms in total. The lowest BCUT2D eigenvalue weighted by Crippen LogP contribution is -2.26. The van der Waals surface area contributed by atoms with Gasteiger partial charge in [0.1, 0.15) is 5.69 Å². The van der Waals surface area contributed by atoms with Crippen LogP contribution in [-0.2, 0) is 11.2 Å². The van der Waals surface area contributed by atoms with Crippen LogP contribution in [-0.4, -0.2) is 28.6 Å². The molecule has 1 amide bonds. The van der Waals surface area contributed by atoms with Crippen molar-refractivity contribution in [2.75, 3.05) is 17.2 Å². The highest BCUT2D eigenvalue weighted by atomic mass is 16.6. The molecule has 2 rings (SSSR count). The normalized spacial score (nSPS) is 16.2. The minimum atomic E-state index is -0.470. The van der Waals surface area contributed by atoms with E-state index in [4.69, 9.17) is 5.11 Å². The fraction of sp³-hybridized carbons (Fsp3) is 0.462. The summed E-state index contributed by atoms with van der Waals surface area (Å²) in [5.41, 5.74) is 1.53. The lowest BCUT2D eigenvalue weighted by atomic mass is 10.0. The van der Waals surface area contributed by atoms with Crippen molar-refractivity contribution in [1.82, 2.24) is 0 Å². The van der Waals surface area contributed by atoms with Crippen LogP contribution < -0.4 is 10.6 Å². The Morgan fingerprint density at radius 1 is 1.50 bits per heavy atom. The SMILES string of the molecule is CC(CO)C(C)Nc1cc2c(cc1[N+](=O)[O-])CC(=O)N2. The largest absolute Gasteiger partial charge is 0.396 e. The molecule has 20 heavy (non-hydrogen) atoms. The molecule has 1 aliphatic heterocycles. The lowest BCUT2D eigenvalue weighted by molar-refractivity contribution is -0.384. The molecular weight excluding hydrogens is 262 g/mol. The molecule has 1 aliphatic rings. The molecule has 0 spiro atoms. The molecule has 2 atom stereocenters. The zero-order valence-electron chi connectivity index (χ0n) is 11.3. The first-order valence-electron chi connectivity index (χ1n) is 6.41. The van der Waals surface area contributed by atoms with E-state index in [1.165, 1.54) is 6.07 Å². The van der Waals surface area contributed by atoms with E-state index in [2.05, 4.69) is 10.6 Å². The van der Waals surface area contributed by atoms with Crippen LogP contribution in [0.25, 0.3) is 0 Å². The quantitative estimate of drug-likeness (QED) is 0.560. The number of nitrogens with one attached hydrogen (secondary N) is 2. The summed E-state index contributed by atoms with van der Waals surface area (Å²) in [6.07, 6.45) is 0.166. The Morgan fingerprint density at radius 3 is 2.80 bits per heavy atom. The number of aliphatic hydroxyl groups excluding tert-OH is 1. The van der Waals surface area contributed by atoms with Gasteiger partial charge in [0.15, 0.2) is 0 Å². The Labute approximate surface area is 116 Å². The Hall–Kier alpha value is -2.15. The number of carbonyl (C=O) groups excluding carboxylic acids is 1. The number of rotatable bonds is 5. The van der Waals surface area contributed by atoms with Crippen molar-refractivity contribution < 1.29 is 14.8 Å². The molecule has 0 bridgehead atoms. The van der Waals surface area contributed by atoms with E-state index in [1.807, 2.05) is 13.8 Å². The predicted octanol–water partition coefficient (Wildman–Crippen LogP) is 1.52. The maximum atomic E-state index is 11.3. The molecule has 0 saturated heterocycles. The van der Waals surface area contributed by atoms with Crippen LogP contribution in [0.4, 0.5) is 17.1 Å². The van der Waals surface area contributed by atoms with Gasteiger partial charge in [0, 0.05) is 24.4 Å². The zero-order chi connectivity index (χ0) is 14.9. The van der Waals surface area contributed by atoms with Gasteiger partial charge >= 0.3 is 0 Å². The van der Waals surface area contributed by atoms with Crippen molar-refractivity contribution in [3.8, 4) is 0 Å². The first-order valence-corrected chi connectivity index (χ1v) is 6.41. The van der Waals surface area contributed by atoms with Gasteiger partial charge in [-0.05, 0) is 24.5 Å². The number of hydrogen-bond acceptors (Lipinski definition) is 5. The number of aliphatic hydroxyl groups is 1. The number of benzene rings is 1. The van der Waals surface area contributed by atoms with E-state index >= 15 is 0 Å². The summed E-state index contributed by atoms with van der Waals surface area (Å²) in [6.45, 7) is 3.68. The van der Waals surface area contributed by atoms with E-state index in [9.17, 15) is 14.9 Å². The molecule has 7 heteroatoms. The van der Waals surface area contributed by atoms with Crippen molar-refractivity contribution >= 4 is 23.0 Å². The molecule has 1 aromatic rings. The second kappa shape index (κ2) is 5.46. The third kappa shape index (κ3) is 2.72. The highest BCUT2D eigenvalue weighted by Crippen LogP contribution is 2.35. The van der Waals surface area contributed by atoms with Crippen LogP contribution in [0.2, 0.25) is 0 Å². The van der Waals surface area contributed by atoms with Gasteiger partial charge in [-0.1, -0.05) is 6.92 Å². The average molecular weight is 279 g/mol. The second-order valence-corrected chi connectivity index (χ2v) is 5.10. The Kier molecular flexibility index (Phi) is 3.89. The average Bonchev–Trinajstić information content (AvgIpc) is 2.75. The monoisotopic (exact) mass is 279 g/mol. The minimum Gasteiger partial charge on any atom is -0.396 e. The van der Waals surface area contributed by atoms with Crippen LogP contribution in [0, 0.1) is 16.0 Å². The molecule has 3 N–H and O–H groups in total. The van der Waals surface area contributed by atoms with Gasteiger partial charge < -0.3 is 15.7 Å². The Balaban J connectivity index is 2.34. The van der Waals surface area contributed by atoms with Gasteiger partial charge in [-0.25, -0.2) is 0 Å². The summed E-state index contributed by atoms with van der Waals surface area (Å²) in [6, 6.07) is 2.87. The van der Waals surface area contributed by atoms with Gasteiger partial charge in [-0.3, -0.25) is 14.9 Å². The van der Waals surface area contributed by atoms with Crippen LogP contribution in [0.3, 0.4) is 0 Å². The van der Waals surface area contributed by atoms with E-state index < -0.39 is 4.92 Å². The summed E-state index contributed by atoms with van der Waals surface area (Å²) < 4.78 is 0. The van der Waals surface area contributed by atoms with Crippen molar-refractivity contribution in [2.45, 2.75) is 26.3 Å². The summed E-state index contributed by atoms with van der Waals surface area (Å²) in [7, 11) is 0. The summed E-state index contributed by atoms with van der Waals surface area (Å²) >= 11 is 0. The van der Waals surface area contributed by atoms with E-state index in [1.54, 1.807) is 6.07 Å². The topological polar surface area (TPSA) is 104 Å². The number of fused-ring (bicyclic) bond motifs is 1. The minimum absolute atomic E-state index is 0.0103. The lowest BCUT2D eigenvalue weighted by Gasteiger charge is -2.20. The third-order valence-electron chi connectivity index (χ3n) is 3.57. The molecule has 0 aliphatic carbocycles. The van der Waals surface area contributed by atoms with E-state index in [0.717, 1.165) is 0 Å². The molecule has 0 fully saturated rings. The fourth-order valence-corrected chi connectivity index (χ4v) is 2.07. The summed E-state index contributed by atoms with van der Waals surface area (Å²) in [5.74, 6) is -0.208. The number of nitrogens with zero attached hydrogens (tertiary/aromatic N) is 1. The Bertz CT molecular complexity index is 559. The Morgan fingerprint density at radius 2 is 2.20 bits per heavy atom.